The quantitative estimate of drug-likeness (QED) is 0.898. The Morgan fingerprint density at radius 3 is 2.59 bits per heavy atom. The van der Waals surface area contributed by atoms with Crippen LogP contribution >= 0.6 is 0 Å². The zero-order chi connectivity index (χ0) is 15.7. The van der Waals surface area contributed by atoms with E-state index in [2.05, 4.69) is 37.1 Å². The van der Waals surface area contributed by atoms with Crippen molar-refractivity contribution in [3.63, 3.8) is 0 Å². The van der Waals surface area contributed by atoms with Gasteiger partial charge < -0.3 is 15.3 Å². The minimum absolute atomic E-state index is 0.00495. The first-order chi connectivity index (χ1) is 10.4. The first-order valence-electron chi connectivity index (χ1n) is 8.57. The molecule has 1 saturated heterocycles. The minimum atomic E-state index is -0.554. The number of aliphatic hydroxyl groups is 1. The van der Waals surface area contributed by atoms with E-state index in [1.165, 1.54) is 19.3 Å². The van der Waals surface area contributed by atoms with Gasteiger partial charge in [0.1, 0.15) is 11.9 Å². The highest BCUT2D eigenvalue weighted by molar-refractivity contribution is 5.41. The van der Waals surface area contributed by atoms with Crippen LogP contribution in [-0.2, 0) is 0 Å². The summed E-state index contributed by atoms with van der Waals surface area (Å²) in [5.74, 6) is 2.75. The number of rotatable bonds is 4. The van der Waals surface area contributed by atoms with E-state index in [0.717, 1.165) is 36.4 Å². The molecule has 1 aliphatic heterocycles. The van der Waals surface area contributed by atoms with Crippen molar-refractivity contribution in [2.45, 2.75) is 51.7 Å². The molecule has 2 unspecified atom stereocenters. The van der Waals surface area contributed by atoms with Crippen LogP contribution in [0.25, 0.3) is 0 Å². The van der Waals surface area contributed by atoms with Gasteiger partial charge in [-0.1, -0.05) is 12.5 Å². The third kappa shape index (κ3) is 3.61. The summed E-state index contributed by atoms with van der Waals surface area (Å²) in [4.78, 5) is 7.12. The summed E-state index contributed by atoms with van der Waals surface area (Å²) in [7, 11) is 0. The van der Waals surface area contributed by atoms with Crippen molar-refractivity contribution in [3.8, 4) is 0 Å². The molecule has 0 bridgehead atoms. The van der Waals surface area contributed by atoms with E-state index >= 15 is 0 Å². The van der Waals surface area contributed by atoms with Crippen molar-refractivity contribution in [2.75, 3.05) is 24.5 Å². The standard InChI is InChI=1S/C18H29N3O/c1-18(2,3)19-10-16(22)15-8-5-9-17(20-15)21-11-13-6-4-7-14(13)12-21/h5,8-9,13-14,16,19,22H,4,6-7,10-12H2,1-3H3/t13?,14?,16-/m1/s1. The molecule has 2 aliphatic rings. The lowest BCUT2D eigenvalue weighted by atomic mass is 10.0. The van der Waals surface area contributed by atoms with Crippen LogP contribution in [0.15, 0.2) is 18.2 Å². The Labute approximate surface area is 133 Å². The van der Waals surface area contributed by atoms with Gasteiger partial charge in [-0.2, -0.15) is 0 Å². The largest absolute Gasteiger partial charge is 0.385 e. The molecule has 1 aromatic heterocycles. The maximum atomic E-state index is 10.4. The Morgan fingerprint density at radius 2 is 1.95 bits per heavy atom. The number of aliphatic hydroxyl groups excluding tert-OH is 1. The van der Waals surface area contributed by atoms with E-state index in [1.807, 2.05) is 12.1 Å². The Hall–Kier alpha value is -1.13. The summed E-state index contributed by atoms with van der Waals surface area (Å²) in [5.41, 5.74) is 0.775. The zero-order valence-electron chi connectivity index (χ0n) is 14.0. The second-order valence-corrected chi connectivity index (χ2v) is 7.92. The van der Waals surface area contributed by atoms with Gasteiger partial charge in [0.25, 0.3) is 0 Å². The van der Waals surface area contributed by atoms with Crippen LogP contribution in [-0.4, -0.2) is 35.3 Å². The molecule has 22 heavy (non-hydrogen) atoms. The van der Waals surface area contributed by atoms with E-state index in [0.29, 0.717) is 6.54 Å². The molecular weight excluding hydrogens is 274 g/mol. The number of fused-ring (bicyclic) bond motifs is 1. The topological polar surface area (TPSA) is 48.4 Å². The first-order valence-corrected chi connectivity index (χ1v) is 8.57. The molecule has 122 valence electrons. The van der Waals surface area contributed by atoms with Crippen LogP contribution in [0.5, 0.6) is 0 Å². The third-order valence-corrected chi connectivity index (χ3v) is 4.97. The molecule has 0 aromatic carbocycles. The molecule has 2 heterocycles. The fraction of sp³-hybridized carbons (Fsp3) is 0.722. The number of anilines is 1. The summed E-state index contributed by atoms with van der Waals surface area (Å²) in [6.07, 6.45) is 3.59. The summed E-state index contributed by atoms with van der Waals surface area (Å²) < 4.78 is 0. The van der Waals surface area contributed by atoms with Crippen LogP contribution in [0.1, 0.15) is 51.8 Å². The first kappa shape index (κ1) is 15.8. The van der Waals surface area contributed by atoms with E-state index in [1.54, 1.807) is 0 Å². The molecule has 0 spiro atoms. The summed E-state index contributed by atoms with van der Waals surface area (Å²) >= 11 is 0. The fourth-order valence-electron chi connectivity index (χ4n) is 3.73. The highest BCUT2D eigenvalue weighted by atomic mass is 16.3. The molecule has 1 aromatic rings. The van der Waals surface area contributed by atoms with Gasteiger partial charge in [-0.25, -0.2) is 4.98 Å². The summed E-state index contributed by atoms with van der Waals surface area (Å²) in [5, 5.41) is 13.7. The lowest BCUT2D eigenvalue weighted by Crippen LogP contribution is -2.38. The van der Waals surface area contributed by atoms with Crippen LogP contribution in [0.4, 0.5) is 5.82 Å². The summed E-state index contributed by atoms with van der Waals surface area (Å²) in [6, 6.07) is 6.02. The van der Waals surface area contributed by atoms with Gasteiger partial charge in [0.2, 0.25) is 0 Å². The second kappa shape index (κ2) is 6.17. The molecular formula is C18H29N3O. The number of pyridine rings is 1. The summed E-state index contributed by atoms with van der Waals surface area (Å²) in [6.45, 7) is 9.12. The van der Waals surface area contributed by atoms with Crippen LogP contribution < -0.4 is 10.2 Å². The molecule has 2 N–H and O–H groups in total. The van der Waals surface area contributed by atoms with Gasteiger partial charge in [-0.15, -0.1) is 0 Å². The SMILES string of the molecule is CC(C)(C)NC[C@@H](O)c1cccc(N2CC3CCCC3C2)n1. The van der Waals surface area contributed by atoms with Crippen molar-refractivity contribution in [3.05, 3.63) is 23.9 Å². The Kier molecular flexibility index (Phi) is 4.42. The molecule has 3 rings (SSSR count). The van der Waals surface area contributed by atoms with Crippen molar-refractivity contribution >= 4 is 5.82 Å². The molecule has 1 aliphatic carbocycles. The molecule has 2 fully saturated rings. The van der Waals surface area contributed by atoms with Crippen molar-refractivity contribution < 1.29 is 5.11 Å². The number of nitrogens with one attached hydrogen (secondary N) is 1. The van der Waals surface area contributed by atoms with Gasteiger partial charge in [0.05, 0.1) is 5.69 Å². The van der Waals surface area contributed by atoms with Crippen LogP contribution in [0.3, 0.4) is 0 Å². The second-order valence-electron chi connectivity index (χ2n) is 7.92. The molecule has 1 saturated carbocycles. The van der Waals surface area contributed by atoms with E-state index in [9.17, 15) is 5.11 Å². The molecule has 3 atom stereocenters. The predicted molar refractivity (Wildman–Crippen MR) is 90.0 cm³/mol. The minimum Gasteiger partial charge on any atom is -0.385 e. The lowest BCUT2D eigenvalue weighted by Gasteiger charge is -2.24. The van der Waals surface area contributed by atoms with Crippen LogP contribution in [0.2, 0.25) is 0 Å². The van der Waals surface area contributed by atoms with Gasteiger partial charge in [-0.3, -0.25) is 0 Å². The molecule has 4 nitrogen and oxygen atoms in total. The Balaban J connectivity index is 1.65. The van der Waals surface area contributed by atoms with Gasteiger partial charge >= 0.3 is 0 Å². The van der Waals surface area contributed by atoms with Gasteiger partial charge in [-0.05, 0) is 57.6 Å². The number of hydrogen-bond donors (Lipinski definition) is 2. The Morgan fingerprint density at radius 1 is 1.27 bits per heavy atom. The molecule has 0 amide bonds. The highest BCUT2D eigenvalue weighted by Gasteiger charge is 2.36. The average molecular weight is 303 g/mol. The lowest BCUT2D eigenvalue weighted by molar-refractivity contribution is 0.159. The smallest absolute Gasteiger partial charge is 0.128 e. The zero-order valence-corrected chi connectivity index (χ0v) is 14.0. The van der Waals surface area contributed by atoms with Crippen molar-refractivity contribution in [1.29, 1.82) is 0 Å². The monoisotopic (exact) mass is 303 g/mol. The average Bonchev–Trinajstić information content (AvgIpc) is 3.05. The molecule has 4 heteroatoms. The normalized spacial score (nSPS) is 26.3. The predicted octanol–water partition coefficient (Wildman–Crippen LogP) is 2.74. The van der Waals surface area contributed by atoms with Crippen molar-refractivity contribution in [2.24, 2.45) is 11.8 Å². The maximum Gasteiger partial charge on any atom is 0.128 e. The van der Waals surface area contributed by atoms with E-state index in [-0.39, 0.29) is 5.54 Å². The van der Waals surface area contributed by atoms with Gasteiger partial charge in [0, 0.05) is 25.2 Å². The number of aromatic nitrogens is 1. The highest BCUT2D eigenvalue weighted by Crippen LogP contribution is 2.39. The number of β-amino-alcohol motifs (C(OH)–C–C–N with tert-alkyl or cyclic N) is 1. The fourth-order valence-corrected chi connectivity index (χ4v) is 3.73. The third-order valence-electron chi connectivity index (χ3n) is 4.97. The molecule has 0 radical (unpaired) electrons. The number of hydrogen-bond acceptors (Lipinski definition) is 4. The van der Waals surface area contributed by atoms with E-state index < -0.39 is 6.10 Å². The number of nitrogens with zero attached hydrogens (tertiary/aromatic N) is 2. The van der Waals surface area contributed by atoms with Gasteiger partial charge in [0.15, 0.2) is 0 Å². The van der Waals surface area contributed by atoms with Crippen molar-refractivity contribution in [1.82, 2.24) is 10.3 Å². The Bertz CT molecular complexity index is 499. The maximum absolute atomic E-state index is 10.4. The van der Waals surface area contributed by atoms with Crippen LogP contribution in [0, 0.1) is 11.8 Å². The van der Waals surface area contributed by atoms with E-state index in [4.69, 9.17) is 4.98 Å².